The van der Waals surface area contributed by atoms with Gasteiger partial charge in [-0.05, 0) is 50.8 Å². The molecule has 0 saturated carbocycles. The summed E-state index contributed by atoms with van der Waals surface area (Å²) in [6, 6.07) is 9.99. The molecule has 4 nitrogen and oxygen atoms in total. The van der Waals surface area contributed by atoms with Crippen molar-refractivity contribution in [1.82, 2.24) is 10.3 Å². The van der Waals surface area contributed by atoms with Gasteiger partial charge in [0, 0.05) is 18.2 Å². The fourth-order valence-corrected chi connectivity index (χ4v) is 3.05. The number of nitrogens with zero attached hydrogens (tertiary/aromatic N) is 1. The largest absolute Gasteiger partial charge is 0.368 e. The number of aromatic nitrogens is 1. The summed E-state index contributed by atoms with van der Waals surface area (Å²) in [7, 11) is 0. The molecule has 3 rings (SSSR count). The molecule has 1 fully saturated rings. The molecule has 0 unspecified atom stereocenters. The molecule has 1 aliphatic rings. The molecule has 22 heavy (non-hydrogen) atoms. The number of ether oxygens (including phenoxy) is 1. The smallest absolute Gasteiger partial charge is 0.249 e. The van der Waals surface area contributed by atoms with E-state index in [1.807, 2.05) is 44.2 Å². The Balaban J connectivity index is 1.86. The van der Waals surface area contributed by atoms with Gasteiger partial charge in [0.15, 0.2) is 0 Å². The molecule has 0 bridgehead atoms. The highest BCUT2D eigenvalue weighted by molar-refractivity contribution is 5.86. The highest BCUT2D eigenvalue weighted by atomic mass is 16.5. The maximum Gasteiger partial charge on any atom is 0.249 e. The quantitative estimate of drug-likeness (QED) is 0.947. The van der Waals surface area contributed by atoms with Gasteiger partial charge in [0.05, 0.1) is 11.1 Å². The molecule has 1 aromatic carbocycles. The van der Waals surface area contributed by atoms with Gasteiger partial charge in [0.2, 0.25) is 5.91 Å². The number of hydrogen-bond donors (Lipinski definition) is 1. The predicted octanol–water partition coefficient (Wildman–Crippen LogP) is 3.16. The average Bonchev–Trinajstić information content (AvgIpc) is 2.54. The lowest BCUT2D eigenvalue weighted by atomic mass is 9.90. The van der Waals surface area contributed by atoms with Crippen LogP contribution in [0.4, 0.5) is 0 Å². The van der Waals surface area contributed by atoms with Crippen LogP contribution in [0.3, 0.4) is 0 Å². The number of nitrogens with one attached hydrogen (secondary N) is 1. The van der Waals surface area contributed by atoms with Gasteiger partial charge in [0.1, 0.15) is 6.10 Å². The van der Waals surface area contributed by atoms with Crippen LogP contribution in [0.5, 0.6) is 0 Å². The fourth-order valence-electron chi connectivity index (χ4n) is 3.05. The molecule has 2 heterocycles. The van der Waals surface area contributed by atoms with E-state index in [4.69, 9.17) is 4.74 Å². The van der Waals surface area contributed by atoms with Crippen molar-refractivity contribution >= 4 is 16.8 Å². The zero-order valence-electron chi connectivity index (χ0n) is 13.1. The second-order valence-electron chi connectivity index (χ2n) is 6.35. The van der Waals surface area contributed by atoms with E-state index in [1.165, 1.54) is 0 Å². The van der Waals surface area contributed by atoms with Gasteiger partial charge in [0.25, 0.3) is 0 Å². The van der Waals surface area contributed by atoms with Crippen molar-refractivity contribution in [1.29, 1.82) is 0 Å². The molecule has 2 aromatic rings. The SMILES string of the molecule is CC(C)(NC(=O)[C@H]1CCCCO1)c1cccc2ncccc12. The van der Waals surface area contributed by atoms with Crippen LogP contribution in [0.15, 0.2) is 36.5 Å². The minimum atomic E-state index is -0.472. The maximum atomic E-state index is 12.5. The third kappa shape index (κ3) is 2.97. The van der Waals surface area contributed by atoms with Crippen molar-refractivity contribution < 1.29 is 9.53 Å². The van der Waals surface area contributed by atoms with E-state index in [2.05, 4.69) is 10.3 Å². The molecular weight excluding hydrogens is 276 g/mol. The summed E-state index contributed by atoms with van der Waals surface area (Å²) in [6.45, 7) is 4.72. The minimum Gasteiger partial charge on any atom is -0.368 e. The van der Waals surface area contributed by atoms with Crippen LogP contribution < -0.4 is 5.32 Å². The van der Waals surface area contributed by atoms with Crippen LogP contribution >= 0.6 is 0 Å². The van der Waals surface area contributed by atoms with Gasteiger partial charge in [-0.1, -0.05) is 18.2 Å². The summed E-state index contributed by atoms with van der Waals surface area (Å²) in [5.41, 5.74) is 1.54. The third-order valence-electron chi connectivity index (χ3n) is 4.23. The molecule has 0 radical (unpaired) electrons. The molecule has 1 aromatic heterocycles. The van der Waals surface area contributed by atoms with Crippen LogP contribution in [0.25, 0.3) is 10.9 Å². The second kappa shape index (κ2) is 6.05. The number of benzene rings is 1. The summed E-state index contributed by atoms with van der Waals surface area (Å²) in [6.07, 6.45) is 4.37. The molecule has 1 N–H and O–H groups in total. The van der Waals surface area contributed by atoms with Gasteiger partial charge >= 0.3 is 0 Å². The number of hydrogen-bond acceptors (Lipinski definition) is 3. The molecule has 116 valence electrons. The Bertz CT molecular complexity index is 670. The minimum absolute atomic E-state index is 0.0226. The fraction of sp³-hybridized carbons (Fsp3) is 0.444. The van der Waals surface area contributed by atoms with Crippen molar-refractivity contribution in [2.45, 2.75) is 44.8 Å². The maximum absolute atomic E-state index is 12.5. The third-order valence-corrected chi connectivity index (χ3v) is 4.23. The average molecular weight is 298 g/mol. The van der Waals surface area contributed by atoms with Gasteiger partial charge < -0.3 is 10.1 Å². The monoisotopic (exact) mass is 298 g/mol. The zero-order chi connectivity index (χ0) is 15.6. The Hall–Kier alpha value is -1.94. The molecule has 1 aliphatic heterocycles. The second-order valence-corrected chi connectivity index (χ2v) is 6.35. The van der Waals surface area contributed by atoms with Crippen molar-refractivity contribution in [3.05, 3.63) is 42.1 Å². The predicted molar refractivity (Wildman–Crippen MR) is 86.5 cm³/mol. The van der Waals surface area contributed by atoms with E-state index < -0.39 is 5.54 Å². The summed E-state index contributed by atoms with van der Waals surface area (Å²) in [5, 5.41) is 4.21. The van der Waals surface area contributed by atoms with Crippen LogP contribution in [0.1, 0.15) is 38.7 Å². The molecule has 1 amide bonds. The number of carbonyl (C=O) groups excluding carboxylic acids is 1. The van der Waals surface area contributed by atoms with Crippen molar-refractivity contribution in [3.8, 4) is 0 Å². The first-order valence-electron chi connectivity index (χ1n) is 7.86. The van der Waals surface area contributed by atoms with E-state index in [1.54, 1.807) is 6.20 Å². The number of carbonyl (C=O) groups is 1. The number of fused-ring (bicyclic) bond motifs is 1. The van der Waals surface area contributed by atoms with Crippen molar-refractivity contribution in [2.75, 3.05) is 6.61 Å². The molecule has 4 heteroatoms. The molecule has 1 atom stereocenters. The van der Waals surface area contributed by atoms with Crippen LogP contribution in [0.2, 0.25) is 0 Å². The first kappa shape index (κ1) is 15.0. The number of amides is 1. The lowest BCUT2D eigenvalue weighted by molar-refractivity contribution is -0.137. The normalized spacial score (nSPS) is 19.1. The Morgan fingerprint density at radius 1 is 1.27 bits per heavy atom. The van der Waals surface area contributed by atoms with Crippen molar-refractivity contribution in [3.63, 3.8) is 0 Å². The Kier molecular flexibility index (Phi) is 4.12. The van der Waals surface area contributed by atoms with Crippen LogP contribution in [-0.4, -0.2) is 23.6 Å². The Morgan fingerprint density at radius 2 is 2.14 bits per heavy atom. The molecule has 0 aliphatic carbocycles. The molecular formula is C18H22N2O2. The van der Waals surface area contributed by atoms with Crippen LogP contribution in [0, 0.1) is 0 Å². The van der Waals surface area contributed by atoms with Gasteiger partial charge in [-0.15, -0.1) is 0 Å². The first-order valence-corrected chi connectivity index (χ1v) is 7.86. The zero-order valence-corrected chi connectivity index (χ0v) is 13.1. The molecule has 0 spiro atoms. The van der Waals surface area contributed by atoms with Gasteiger partial charge in [-0.3, -0.25) is 9.78 Å². The number of pyridine rings is 1. The highest BCUT2D eigenvalue weighted by Crippen LogP contribution is 2.28. The van der Waals surface area contributed by atoms with E-state index in [0.717, 1.165) is 35.7 Å². The van der Waals surface area contributed by atoms with Crippen LogP contribution in [-0.2, 0) is 15.1 Å². The number of rotatable bonds is 3. The lowest BCUT2D eigenvalue weighted by Crippen LogP contribution is -2.47. The lowest BCUT2D eigenvalue weighted by Gasteiger charge is -2.31. The topological polar surface area (TPSA) is 51.2 Å². The highest BCUT2D eigenvalue weighted by Gasteiger charge is 2.29. The Labute approximate surface area is 130 Å². The van der Waals surface area contributed by atoms with E-state index in [0.29, 0.717) is 6.61 Å². The Morgan fingerprint density at radius 3 is 2.91 bits per heavy atom. The standard InChI is InChI=1S/C18H22N2O2/c1-18(2,20-17(21)16-10-3-4-12-22-16)14-8-5-9-15-13(14)7-6-11-19-15/h5-9,11,16H,3-4,10,12H2,1-2H3,(H,20,21)/t16-/m1/s1. The first-order chi connectivity index (χ1) is 10.6. The summed E-state index contributed by atoms with van der Waals surface area (Å²) >= 11 is 0. The summed E-state index contributed by atoms with van der Waals surface area (Å²) in [4.78, 5) is 16.9. The van der Waals surface area contributed by atoms with E-state index >= 15 is 0 Å². The summed E-state index contributed by atoms with van der Waals surface area (Å²) in [5.74, 6) is -0.0226. The van der Waals surface area contributed by atoms with Gasteiger partial charge in [-0.25, -0.2) is 0 Å². The summed E-state index contributed by atoms with van der Waals surface area (Å²) < 4.78 is 5.58. The molecule has 1 saturated heterocycles. The van der Waals surface area contributed by atoms with E-state index in [-0.39, 0.29) is 12.0 Å². The van der Waals surface area contributed by atoms with Gasteiger partial charge in [-0.2, -0.15) is 0 Å². The van der Waals surface area contributed by atoms with Crippen molar-refractivity contribution in [2.24, 2.45) is 0 Å². The van der Waals surface area contributed by atoms with E-state index in [9.17, 15) is 4.79 Å².